The van der Waals surface area contributed by atoms with Crippen molar-refractivity contribution in [3.05, 3.63) is 12.2 Å². The normalized spacial score (nSPS) is 26.2. The second kappa shape index (κ2) is 6.82. The van der Waals surface area contributed by atoms with Gasteiger partial charge >= 0.3 is 6.09 Å². The minimum atomic E-state index is -1.64. The highest BCUT2D eigenvalue weighted by atomic mass is 35.6. The smallest absolute Gasteiger partial charge is 0.407 e. The van der Waals surface area contributed by atoms with Crippen LogP contribution in [0.3, 0.4) is 0 Å². The summed E-state index contributed by atoms with van der Waals surface area (Å²) >= 11 is 16.5. The Labute approximate surface area is 127 Å². The maximum absolute atomic E-state index is 11.6. The molecular weight excluding hydrogens is 312 g/mol. The van der Waals surface area contributed by atoms with Crippen molar-refractivity contribution < 1.29 is 14.3 Å². The van der Waals surface area contributed by atoms with Gasteiger partial charge < -0.3 is 10.1 Å². The summed E-state index contributed by atoms with van der Waals surface area (Å²) in [5.74, 6) is -0.0242. The van der Waals surface area contributed by atoms with Gasteiger partial charge in [0.1, 0.15) is 6.61 Å². The number of halogens is 3. The molecule has 0 heterocycles. The Morgan fingerprint density at radius 2 is 2.21 bits per heavy atom. The van der Waals surface area contributed by atoms with Crippen LogP contribution in [0.5, 0.6) is 0 Å². The van der Waals surface area contributed by atoms with Crippen molar-refractivity contribution in [2.75, 3.05) is 6.61 Å². The van der Waals surface area contributed by atoms with Gasteiger partial charge in [-0.05, 0) is 32.3 Å². The molecule has 0 aromatic heterocycles. The van der Waals surface area contributed by atoms with Gasteiger partial charge in [0.05, 0.1) is 0 Å². The summed E-state index contributed by atoms with van der Waals surface area (Å²) in [6.07, 6.45) is 5.32. The maximum Gasteiger partial charge on any atom is 0.407 e. The van der Waals surface area contributed by atoms with Crippen LogP contribution in [0.1, 0.15) is 32.6 Å². The lowest BCUT2D eigenvalue weighted by Crippen LogP contribution is -2.48. The fourth-order valence-electron chi connectivity index (χ4n) is 1.89. The molecule has 4 nitrogen and oxygen atoms in total. The first-order valence-corrected chi connectivity index (χ1v) is 7.05. The van der Waals surface area contributed by atoms with E-state index in [2.05, 4.69) is 5.32 Å². The van der Waals surface area contributed by atoms with E-state index in [1.54, 1.807) is 13.0 Å². The standard InChI is InChI=1S/C12H16Cl3NO3/c1-11(6-4-2-3-5-9(17)7-11)16-10(18)19-8-12(13,14)15/h3,5H,2,4,6-8H2,1H3,(H,16,18)/b5-3-/t11-/m0/s1. The lowest BCUT2D eigenvalue weighted by molar-refractivity contribution is -0.116. The second-order valence-electron chi connectivity index (χ2n) is 4.81. The van der Waals surface area contributed by atoms with E-state index in [1.165, 1.54) is 0 Å². The number of hydrogen-bond donors (Lipinski definition) is 1. The zero-order valence-corrected chi connectivity index (χ0v) is 12.8. The van der Waals surface area contributed by atoms with Gasteiger partial charge in [0.15, 0.2) is 5.78 Å². The number of alkyl carbamates (subject to hydrolysis) is 1. The van der Waals surface area contributed by atoms with Crippen LogP contribution in [0.4, 0.5) is 4.79 Å². The summed E-state index contributed by atoms with van der Waals surface area (Å²) in [5, 5.41) is 2.67. The number of ether oxygens (including phenoxy) is 1. The van der Waals surface area contributed by atoms with E-state index in [9.17, 15) is 9.59 Å². The zero-order valence-electron chi connectivity index (χ0n) is 10.5. The minimum Gasteiger partial charge on any atom is -0.445 e. The number of alkyl halides is 3. The van der Waals surface area contributed by atoms with Crippen molar-refractivity contribution in [3.63, 3.8) is 0 Å². The quantitative estimate of drug-likeness (QED) is 0.789. The predicted molar refractivity (Wildman–Crippen MR) is 75.8 cm³/mol. The average Bonchev–Trinajstić information content (AvgIpc) is 2.22. The van der Waals surface area contributed by atoms with Gasteiger partial charge in [0.25, 0.3) is 0 Å². The van der Waals surface area contributed by atoms with Gasteiger partial charge in [-0.15, -0.1) is 0 Å². The summed E-state index contributed by atoms with van der Waals surface area (Å²) in [7, 11) is 0. The lowest BCUT2D eigenvalue weighted by atomic mass is 9.87. The summed E-state index contributed by atoms with van der Waals surface area (Å²) < 4.78 is 3.17. The average molecular weight is 329 g/mol. The number of allylic oxidation sites excluding steroid dienone is 2. The molecule has 1 amide bonds. The van der Waals surface area contributed by atoms with Gasteiger partial charge in [-0.25, -0.2) is 4.79 Å². The highest BCUT2D eigenvalue weighted by Gasteiger charge is 2.30. The molecule has 0 aromatic carbocycles. The Bertz CT molecular complexity index is 379. The molecule has 0 saturated heterocycles. The van der Waals surface area contributed by atoms with Crippen LogP contribution in [-0.4, -0.2) is 27.8 Å². The summed E-state index contributed by atoms with van der Waals surface area (Å²) in [6, 6.07) is 0. The van der Waals surface area contributed by atoms with Crippen LogP contribution in [0.15, 0.2) is 12.2 Å². The largest absolute Gasteiger partial charge is 0.445 e. The third kappa shape index (κ3) is 7.04. The zero-order chi connectivity index (χ0) is 14.5. The first-order valence-electron chi connectivity index (χ1n) is 5.91. The number of carbonyl (C=O) groups is 2. The van der Waals surface area contributed by atoms with Crippen molar-refractivity contribution in [3.8, 4) is 0 Å². The number of nitrogens with one attached hydrogen (secondary N) is 1. The minimum absolute atomic E-state index is 0.0242. The molecule has 0 unspecified atom stereocenters. The molecule has 0 spiro atoms. The van der Waals surface area contributed by atoms with E-state index >= 15 is 0 Å². The van der Waals surface area contributed by atoms with E-state index in [1.807, 2.05) is 6.08 Å². The molecule has 7 heteroatoms. The van der Waals surface area contributed by atoms with Gasteiger partial charge in [0.2, 0.25) is 3.79 Å². The highest BCUT2D eigenvalue weighted by molar-refractivity contribution is 6.67. The Balaban J connectivity index is 2.55. The molecule has 1 atom stereocenters. The first-order chi connectivity index (χ1) is 8.70. The van der Waals surface area contributed by atoms with Crippen LogP contribution in [-0.2, 0) is 9.53 Å². The van der Waals surface area contributed by atoms with E-state index in [0.717, 1.165) is 12.8 Å². The molecule has 0 saturated carbocycles. The summed E-state index contributed by atoms with van der Waals surface area (Å²) in [4.78, 5) is 23.2. The van der Waals surface area contributed by atoms with Crippen molar-refractivity contribution in [2.24, 2.45) is 0 Å². The van der Waals surface area contributed by atoms with Crippen LogP contribution in [0.25, 0.3) is 0 Å². The Kier molecular flexibility index (Phi) is 5.96. The SMILES string of the molecule is C[C@]1(NC(=O)OCC(Cl)(Cl)Cl)CCC/C=C\C(=O)C1. The van der Waals surface area contributed by atoms with Crippen LogP contribution in [0.2, 0.25) is 0 Å². The molecular formula is C12H16Cl3NO3. The molecule has 0 radical (unpaired) electrons. The molecule has 108 valence electrons. The van der Waals surface area contributed by atoms with E-state index < -0.39 is 15.4 Å². The maximum atomic E-state index is 11.6. The second-order valence-corrected chi connectivity index (χ2v) is 7.33. The van der Waals surface area contributed by atoms with Gasteiger partial charge in [-0.3, -0.25) is 4.79 Å². The van der Waals surface area contributed by atoms with Crippen molar-refractivity contribution >= 4 is 46.7 Å². The number of rotatable bonds is 2. The Hall–Kier alpha value is -0.450. The fourth-order valence-corrected chi connectivity index (χ4v) is 2.06. The van der Waals surface area contributed by atoms with Crippen molar-refractivity contribution in [1.29, 1.82) is 0 Å². The molecule has 1 aliphatic rings. The number of carbonyl (C=O) groups excluding carboxylic acids is 2. The van der Waals surface area contributed by atoms with E-state index in [4.69, 9.17) is 39.5 Å². The number of hydrogen-bond acceptors (Lipinski definition) is 3. The first kappa shape index (κ1) is 16.6. The molecule has 19 heavy (non-hydrogen) atoms. The van der Waals surface area contributed by atoms with Gasteiger partial charge in [-0.1, -0.05) is 40.9 Å². The van der Waals surface area contributed by atoms with Crippen LogP contribution < -0.4 is 5.32 Å². The summed E-state index contributed by atoms with van der Waals surface area (Å²) in [6.45, 7) is 1.47. The van der Waals surface area contributed by atoms with E-state index in [0.29, 0.717) is 6.42 Å². The third-order valence-corrected chi connectivity index (χ3v) is 3.07. The van der Waals surface area contributed by atoms with Crippen molar-refractivity contribution in [1.82, 2.24) is 5.32 Å². The van der Waals surface area contributed by atoms with Gasteiger partial charge in [0, 0.05) is 12.0 Å². The Morgan fingerprint density at radius 1 is 1.53 bits per heavy atom. The van der Waals surface area contributed by atoms with Gasteiger partial charge in [-0.2, -0.15) is 0 Å². The molecule has 0 aliphatic heterocycles. The molecule has 1 N–H and O–H groups in total. The monoisotopic (exact) mass is 327 g/mol. The predicted octanol–water partition coefficient (Wildman–Crippen LogP) is 3.54. The van der Waals surface area contributed by atoms with E-state index in [-0.39, 0.29) is 18.8 Å². The lowest BCUT2D eigenvalue weighted by Gasteiger charge is -2.30. The molecule has 1 rings (SSSR count). The highest BCUT2D eigenvalue weighted by Crippen LogP contribution is 2.26. The van der Waals surface area contributed by atoms with Crippen LogP contribution >= 0.6 is 34.8 Å². The summed E-state index contributed by atoms with van der Waals surface area (Å²) in [5.41, 5.74) is -0.632. The topological polar surface area (TPSA) is 55.4 Å². The fraction of sp³-hybridized carbons (Fsp3) is 0.667. The molecule has 1 aliphatic carbocycles. The molecule has 0 fully saturated rings. The van der Waals surface area contributed by atoms with Crippen molar-refractivity contribution in [2.45, 2.75) is 41.9 Å². The molecule has 0 aromatic rings. The third-order valence-electron chi connectivity index (χ3n) is 2.74. The Morgan fingerprint density at radius 3 is 2.84 bits per heavy atom. The number of amides is 1. The van der Waals surface area contributed by atoms with Crippen LogP contribution in [0, 0.1) is 0 Å². The molecule has 0 bridgehead atoms. The number of ketones is 1.